The fraction of sp³-hybridized carbons (Fsp3) is 0.333. The Morgan fingerprint density at radius 1 is 1.14 bits per heavy atom. The molecule has 0 spiro atoms. The van der Waals surface area contributed by atoms with Gasteiger partial charge < -0.3 is 10.1 Å². The molecule has 2 rings (SSSR count). The lowest BCUT2D eigenvalue weighted by Gasteiger charge is -2.23. The molecule has 1 unspecified atom stereocenters. The first-order valence-electron chi connectivity index (χ1n) is 7.22. The van der Waals surface area contributed by atoms with Gasteiger partial charge in [-0.25, -0.2) is 0 Å². The summed E-state index contributed by atoms with van der Waals surface area (Å²) in [6, 6.07) is 15.1. The van der Waals surface area contributed by atoms with Gasteiger partial charge in [0.15, 0.2) is 0 Å². The van der Waals surface area contributed by atoms with E-state index in [2.05, 4.69) is 67.9 Å². The van der Waals surface area contributed by atoms with Crippen molar-refractivity contribution in [2.24, 2.45) is 0 Å². The summed E-state index contributed by atoms with van der Waals surface area (Å²) in [4.78, 5) is 1.30. The third kappa shape index (κ3) is 3.60. The molecule has 2 nitrogen and oxygen atoms in total. The van der Waals surface area contributed by atoms with Crippen molar-refractivity contribution in [1.82, 2.24) is 5.32 Å². The van der Waals surface area contributed by atoms with E-state index in [-0.39, 0.29) is 6.04 Å². The summed E-state index contributed by atoms with van der Waals surface area (Å²) in [5.41, 5.74) is 3.74. The lowest BCUT2D eigenvalue weighted by Crippen LogP contribution is -2.23. The largest absolute Gasteiger partial charge is 0.496 e. The Labute approximate surface area is 131 Å². The number of rotatable bonds is 6. The summed E-state index contributed by atoms with van der Waals surface area (Å²) in [5, 5.41) is 3.60. The van der Waals surface area contributed by atoms with Crippen LogP contribution in [0.2, 0.25) is 0 Å². The van der Waals surface area contributed by atoms with Gasteiger partial charge in [-0.1, -0.05) is 42.8 Å². The molecule has 0 radical (unpaired) electrons. The predicted molar refractivity (Wildman–Crippen MR) is 91.5 cm³/mol. The van der Waals surface area contributed by atoms with E-state index in [1.165, 1.54) is 21.6 Å². The van der Waals surface area contributed by atoms with Crippen LogP contribution in [0.3, 0.4) is 0 Å². The van der Waals surface area contributed by atoms with Gasteiger partial charge >= 0.3 is 0 Å². The molecule has 1 atom stereocenters. The van der Waals surface area contributed by atoms with E-state index < -0.39 is 0 Å². The quantitative estimate of drug-likeness (QED) is 0.798. The average Bonchev–Trinajstić information content (AvgIpc) is 2.52. The van der Waals surface area contributed by atoms with Crippen LogP contribution >= 0.6 is 11.8 Å². The molecular formula is C18H23NOS. The van der Waals surface area contributed by atoms with Gasteiger partial charge in [0.1, 0.15) is 5.75 Å². The highest BCUT2D eigenvalue weighted by molar-refractivity contribution is 7.98. The van der Waals surface area contributed by atoms with Gasteiger partial charge in [0.2, 0.25) is 0 Å². The fourth-order valence-corrected chi connectivity index (χ4v) is 3.21. The fourth-order valence-electron chi connectivity index (χ4n) is 2.58. The van der Waals surface area contributed by atoms with Crippen molar-refractivity contribution in [2.75, 3.05) is 19.9 Å². The van der Waals surface area contributed by atoms with Crippen molar-refractivity contribution in [1.29, 1.82) is 0 Å². The zero-order valence-electron chi connectivity index (χ0n) is 13.1. The number of ether oxygens (including phenoxy) is 1. The van der Waals surface area contributed by atoms with Crippen LogP contribution in [0.15, 0.2) is 47.4 Å². The van der Waals surface area contributed by atoms with Crippen LogP contribution in [0.5, 0.6) is 5.75 Å². The topological polar surface area (TPSA) is 21.3 Å². The molecule has 2 aromatic carbocycles. The molecule has 0 saturated carbocycles. The van der Waals surface area contributed by atoms with Crippen LogP contribution in [-0.4, -0.2) is 19.9 Å². The average molecular weight is 301 g/mol. The van der Waals surface area contributed by atoms with Gasteiger partial charge in [-0.15, -0.1) is 11.8 Å². The first kappa shape index (κ1) is 15.9. The summed E-state index contributed by atoms with van der Waals surface area (Å²) in [5.74, 6) is 0.933. The van der Waals surface area contributed by atoms with E-state index in [4.69, 9.17) is 4.74 Å². The summed E-state index contributed by atoms with van der Waals surface area (Å²) < 4.78 is 5.58. The summed E-state index contributed by atoms with van der Waals surface area (Å²) in [7, 11) is 1.73. The summed E-state index contributed by atoms with van der Waals surface area (Å²) >= 11 is 1.78. The lowest BCUT2D eigenvalue weighted by molar-refractivity contribution is 0.404. The molecule has 0 saturated heterocycles. The second kappa shape index (κ2) is 7.53. The van der Waals surface area contributed by atoms with E-state index in [0.29, 0.717) is 0 Å². The first-order chi connectivity index (χ1) is 10.2. The molecule has 0 bridgehead atoms. The number of nitrogens with one attached hydrogen (secondary N) is 1. The van der Waals surface area contributed by atoms with Crippen LogP contribution in [-0.2, 0) is 0 Å². The molecule has 0 aromatic heterocycles. The van der Waals surface area contributed by atoms with Crippen LogP contribution in [0.25, 0.3) is 0 Å². The predicted octanol–water partition coefficient (Wildman–Crippen LogP) is 4.42. The molecule has 0 heterocycles. The van der Waals surface area contributed by atoms with Crippen LogP contribution in [0, 0.1) is 6.92 Å². The van der Waals surface area contributed by atoms with Crippen molar-refractivity contribution in [3.05, 3.63) is 59.2 Å². The standard InChI is InChI=1S/C18H23NOS/c1-5-19-18(14-8-6-7-9-17(14)21-4)15-12-13(2)10-11-16(15)20-3/h6-12,18-19H,5H2,1-4H3. The third-order valence-corrected chi connectivity index (χ3v) is 4.37. The summed E-state index contributed by atoms with van der Waals surface area (Å²) in [6.07, 6.45) is 2.12. The highest BCUT2D eigenvalue weighted by atomic mass is 32.2. The second-order valence-electron chi connectivity index (χ2n) is 4.98. The van der Waals surface area contributed by atoms with Crippen molar-refractivity contribution in [3.8, 4) is 5.75 Å². The maximum Gasteiger partial charge on any atom is 0.124 e. The summed E-state index contributed by atoms with van der Waals surface area (Å²) in [6.45, 7) is 5.16. The van der Waals surface area contributed by atoms with E-state index in [1.54, 1.807) is 18.9 Å². The molecule has 1 N–H and O–H groups in total. The maximum absolute atomic E-state index is 5.58. The van der Waals surface area contributed by atoms with Gasteiger partial charge in [-0.05, 0) is 37.4 Å². The van der Waals surface area contributed by atoms with Crippen LogP contribution < -0.4 is 10.1 Å². The number of hydrogen-bond donors (Lipinski definition) is 1. The number of aryl methyl sites for hydroxylation is 1. The smallest absolute Gasteiger partial charge is 0.124 e. The molecule has 2 aromatic rings. The minimum Gasteiger partial charge on any atom is -0.496 e. The molecule has 3 heteroatoms. The Balaban J connectivity index is 2.55. The van der Waals surface area contributed by atoms with Gasteiger partial charge in [-0.2, -0.15) is 0 Å². The molecule has 0 aliphatic heterocycles. The first-order valence-corrected chi connectivity index (χ1v) is 8.44. The highest BCUT2D eigenvalue weighted by Gasteiger charge is 2.20. The molecule has 0 fully saturated rings. The third-order valence-electron chi connectivity index (χ3n) is 3.55. The van der Waals surface area contributed by atoms with Crippen LogP contribution in [0.1, 0.15) is 29.7 Å². The molecular weight excluding hydrogens is 278 g/mol. The zero-order chi connectivity index (χ0) is 15.2. The molecule has 0 aliphatic carbocycles. The molecule has 0 amide bonds. The second-order valence-corrected chi connectivity index (χ2v) is 5.83. The number of thioether (sulfide) groups is 1. The number of benzene rings is 2. The Morgan fingerprint density at radius 3 is 2.57 bits per heavy atom. The minimum atomic E-state index is 0.147. The highest BCUT2D eigenvalue weighted by Crippen LogP contribution is 2.35. The molecule has 112 valence electrons. The van der Waals surface area contributed by atoms with Gasteiger partial charge in [0, 0.05) is 10.5 Å². The normalized spacial score (nSPS) is 12.2. The SMILES string of the molecule is CCNC(c1cc(C)ccc1OC)c1ccccc1SC. The van der Waals surface area contributed by atoms with Crippen LogP contribution in [0.4, 0.5) is 0 Å². The van der Waals surface area contributed by atoms with Gasteiger partial charge in [0.25, 0.3) is 0 Å². The molecule has 0 aliphatic rings. The van der Waals surface area contributed by atoms with E-state index in [0.717, 1.165) is 12.3 Å². The lowest BCUT2D eigenvalue weighted by atomic mass is 9.96. The molecule has 21 heavy (non-hydrogen) atoms. The minimum absolute atomic E-state index is 0.147. The van der Waals surface area contributed by atoms with Crippen molar-refractivity contribution in [3.63, 3.8) is 0 Å². The Kier molecular flexibility index (Phi) is 5.71. The van der Waals surface area contributed by atoms with Crippen molar-refractivity contribution in [2.45, 2.75) is 24.8 Å². The Bertz CT molecular complexity index is 598. The zero-order valence-corrected chi connectivity index (χ0v) is 14.0. The maximum atomic E-state index is 5.58. The Hall–Kier alpha value is -1.45. The van der Waals surface area contributed by atoms with Crippen molar-refractivity contribution < 1.29 is 4.74 Å². The van der Waals surface area contributed by atoms with Gasteiger partial charge in [0.05, 0.1) is 13.2 Å². The van der Waals surface area contributed by atoms with E-state index in [1.807, 2.05) is 0 Å². The van der Waals surface area contributed by atoms with E-state index in [9.17, 15) is 0 Å². The monoisotopic (exact) mass is 301 g/mol. The van der Waals surface area contributed by atoms with Gasteiger partial charge in [-0.3, -0.25) is 0 Å². The Morgan fingerprint density at radius 2 is 1.90 bits per heavy atom. The number of hydrogen-bond acceptors (Lipinski definition) is 3. The van der Waals surface area contributed by atoms with E-state index >= 15 is 0 Å². The number of methoxy groups -OCH3 is 1. The van der Waals surface area contributed by atoms with Crippen molar-refractivity contribution >= 4 is 11.8 Å².